The number of benzene rings is 1. The molecule has 0 radical (unpaired) electrons. The third-order valence-corrected chi connectivity index (χ3v) is 3.09. The molecule has 0 fully saturated rings. The molecule has 2 N–H and O–H groups in total. The second-order valence-corrected chi connectivity index (χ2v) is 4.71. The lowest BCUT2D eigenvalue weighted by atomic mass is 10.2. The molecule has 1 atom stereocenters. The number of carbonyl (C=O) groups is 2. The van der Waals surface area contributed by atoms with Crippen LogP contribution in [0.15, 0.2) is 54.9 Å². The first-order valence-electron chi connectivity index (χ1n) is 6.79. The zero-order valence-electron chi connectivity index (χ0n) is 12.2. The molecule has 0 bridgehead atoms. The lowest BCUT2D eigenvalue weighted by molar-refractivity contribution is -0.165. The predicted octanol–water partition coefficient (Wildman–Crippen LogP) is 1.53. The largest absolute Gasteiger partial charge is 0.368 e. The van der Waals surface area contributed by atoms with Crippen molar-refractivity contribution in [2.75, 3.05) is 0 Å². The number of rotatable bonds is 6. The minimum atomic E-state index is -0.892. The van der Waals surface area contributed by atoms with Crippen molar-refractivity contribution in [3.05, 3.63) is 66.0 Å². The SMILES string of the molecule is CC(C(N)=O)N(OCc1ccccc1)C(=O)c1cccnc1. The normalized spacial score (nSPS) is 11.7. The van der Waals surface area contributed by atoms with Crippen LogP contribution in [0.4, 0.5) is 0 Å². The van der Waals surface area contributed by atoms with Gasteiger partial charge >= 0.3 is 0 Å². The summed E-state index contributed by atoms with van der Waals surface area (Å²) < 4.78 is 0. The fourth-order valence-electron chi connectivity index (χ4n) is 1.80. The maximum atomic E-state index is 12.5. The van der Waals surface area contributed by atoms with Crippen LogP contribution in [0.5, 0.6) is 0 Å². The number of carbonyl (C=O) groups excluding carboxylic acids is 2. The van der Waals surface area contributed by atoms with Crippen molar-refractivity contribution in [1.82, 2.24) is 10.0 Å². The van der Waals surface area contributed by atoms with Gasteiger partial charge in [0.1, 0.15) is 12.6 Å². The molecule has 2 amide bonds. The lowest BCUT2D eigenvalue weighted by Crippen LogP contribution is -2.46. The topological polar surface area (TPSA) is 85.5 Å². The summed E-state index contributed by atoms with van der Waals surface area (Å²) in [5.41, 5.74) is 6.49. The summed E-state index contributed by atoms with van der Waals surface area (Å²) >= 11 is 0. The van der Waals surface area contributed by atoms with Gasteiger partial charge in [0.15, 0.2) is 0 Å². The van der Waals surface area contributed by atoms with Crippen molar-refractivity contribution < 1.29 is 14.4 Å². The van der Waals surface area contributed by atoms with Crippen molar-refractivity contribution in [2.24, 2.45) is 5.73 Å². The van der Waals surface area contributed by atoms with Crippen LogP contribution in [-0.4, -0.2) is 27.9 Å². The zero-order valence-corrected chi connectivity index (χ0v) is 12.2. The van der Waals surface area contributed by atoms with E-state index in [2.05, 4.69) is 4.98 Å². The first-order valence-corrected chi connectivity index (χ1v) is 6.79. The zero-order chi connectivity index (χ0) is 15.9. The molecule has 2 aromatic rings. The van der Waals surface area contributed by atoms with Gasteiger partial charge in [-0.1, -0.05) is 30.3 Å². The van der Waals surface area contributed by atoms with Gasteiger partial charge in [-0.15, -0.1) is 0 Å². The van der Waals surface area contributed by atoms with E-state index in [0.29, 0.717) is 5.56 Å². The van der Waals surface area contributed by atoms with Crippen molar-refractivity contribution in [1.29, 1.82) is 0 Å². The Bertz CT molecular complexity index is 632. The molecule has 22 heavy (non-hydrogen) atoms. The van der Waals surface area contributed by atoms with Gasteiger partial charge in [-0.25, -0.2) is 5.06 Å². The minimum Gasteiger partial charge on any atom is -0.368 e. The summed E-state index contributed by atoms with van der Waals surface area (Å²) in [5, 5.41) is 0.992. The summed E-state index contributed by atoms with van der Waals surface area (Å²) in [6.07, 6.45) is 2.97. The van der Waals surface area contributed by atoms with Crippen LogP contribution in [0.3, 0.4) is 0 Å². The molecule has 2 rings (SSSR count). The number of nitrogens with two attached hydrogens (primary N) is 1. The van der Waals surface area contributed by atoms with E-state index in [0.717, 1.165) is 10.6 Å². The molecular weight excluding hydrogens is 282 g/mol. The molecule has 1 aromatic carbocycles. The Kier molecular flexibility index (Phi) is 5.21. The Labute approximate surface area is 128 Å². The van der Waals surface area contributed by atoms with E-state index in [1.165, 1.54) is 13.1 Å². The van der Waals surface area contributed by atoms with E-state index in [4.69, 9.17) is 10.6 Å². The van der Waals surface area contributed by atoms with Gasteiger partial charge in [-0.2, -0.15) is 0 Å². The number of hydrogen-bond donors (Lipinski definition) is 1. The van der Waals surface area contributed by atoms with Crippen LogP contribution < -0.4 is 5.73 Å². The Morgan fingerprint density at radius 1 is 1.23 bits per heavy atom. The summed E-state index contributed by atoms with van der Waals surface area (Å²) in [7, 11) is 0. The number of hydroxylamine groups is 2. The van der Waals surface area contributed by atoms with Gasteiger partial charge in [-0.3, -0.25) is 19.4 Å². The van der Waals surface area contributed by atoms with E-state index in [9.17, 15) is 9.59 Å². The van der Waals surface area contributed by atoms with E-state index < -0.39 is 17.9 Å². The van der Waals surface area contributed by atoms with Gasteiger partial charge in [-0.05, 0) is 24.6 Å². The number of hydrogen-bond acceptors (Lipinski definition) is 4. The lowest BCUT2D eigenvalue weighted by Gasteiger charge is -2.26. The van der Waals surface area contributed by atoms with E-state index >= 15 is 0 Å². The summed E-state index contributed by atoms with van der Waals surface area (Å²) in [5.74, 6) is -1.11. The first kappa shape index (κ1) is 15.7. The Morgan fingerprint density at radius 2 is 1.95 bits per heavy atom. The molecule has 0 aliphatic carbocycles. The maximum absolute atomic E-state index is 12.5. The fourth-order valence-corrected chi connectivity index (χ4v) is 1.80. The highest BCUT2D eigenvalue weighted by molar-refractivity contribution is 5.96. The van der Waals surface area contributed by atoms with Gasteiger partial charge in [0, 0.05) is 12.4 Å². The number of primary amides is 1. The van der Waals surface area contributed by atoms with Crippen molar-refractivity contribution in [3.8, 4) is 0 Å². The molecule has 0 saturated carbocycles. The van der Waals surface area contributed by atoms with Crippen LogP contribution >= 0.6 is 0 Å². The number of nitrogens with zero attached hydrogens (tertiary/aromatic N) is 2. The summed E-state index contributed by atoms with van der Waals surface area (Å²) in [6, 6.07) is 11.7. The monoisotopic (exact) mass is 299 g/mol. The minimum absolute atomic E-state index is 0.157. The molecule has 0 aliphatic rings. The maximum Gasteiger partial charge on any atom is 0.279 e. The number of amides is 2. The highest BCUT2D eigenvalue weighted by Gasteiger charge is 2.26. The molecule has 114 valence electrons. The average molecular weight is 299 g/mol. The smallest absolute Gasteiger partial charge is 0.279 e. The molecule has 1 aromatic heterocycles. The van der Waals surface area contributed by atoms with Gasteiger partial charge < -0.3 is 5.73 Å². The van der Waals surface area contributed by atoms with Crippen LogP contribution in [0.1, 0.15) is 22.8 Å². The summed E-state index contributed by atoms with van der Waals surface area (Å²) in [4.78, 5) is 33.3. The second kappa shape index (κ2) is 7.33. The molecular formula is C16H17N3O3. The number of pyridine rings is 1. The highest BCUT2D eigenvalue weighted by atomic mass is 16.7. The van der Waals surface area contributed by atoms with Gasteiger partial charge in [0.25, 0.3) is 5.91 Å². The molecule has 1 heterocycles. The Morgan fingerprint density at radius 3 is 2.55 bits per heavy atom. The Hall–Kier alpha value is -2.73. The highest BCUT2D eigenvalue weighted by Crippen LogP contribution is 2.11. The molecule has 1 unspecified atom stereocenters. The average Bonchev–Trinajstić information content (AvgIpc) is 2.56. The fraction of sp³-hybridized carbons (Fsp3) is 0.188. The summed E-state index contributed by atoms with van der Waals surface area (Å²) in [6.45, 7) is 1.67. The Balaban J connectivity index is 2.16. The molecule has 0 aliphatic heterocycles. The first-order chi connectivity index (χ1) is 10.6. The molecule has 6 heteroatoms. The van der Waals surface area contributed by atoms with E-state index in [-0.39, 0.29) is 6.61 Å². The van der Waals surface area contributed by atoms with Crippen molar-refractivity contribution >= 4 is 11.8 Å². The number of aromatic nitrogens is 1. The molecule has 0 spiro atoms. The van der Waals surface area contributed by atoms with Crippen LogP contribution in [-0.2, 0) is 16.2 Å². The molecule has 6 nitrogen and oxygen atoms in total. The van der Waals surface area contributed by atoms with Gasteiger partial charge in [0.2, 0.25) is 5.91 Å². The predicted molar refractivity (Wildman–Crippen MR) is 80.3 cm³/mol. The van der Waals surface area contributed by atoms with E-state index in [1.54, 1.807) is 18.3 Å². The third-order valence-electron chi connectivity index (χ3n) is 3.09. The van der Waals surface area contributed by atoms with Crippen LogP contribution in [0, 0.1) is 0 Å². The van der Waals surface area contributed by atoms with Crippen LogP contribution in [0.2, 0.25) is 0 Å². The van der Waals surface area contributed by atoms with Crippen molar-refractivity contribution in [2.45, 2.75) is 19.6 Å². The third kappa shape index (κ3) is 3.89. The molecule has 0 saturated heterocycles. The standard InChI is InChI=1S/C16H17N3O3/c1-12(15(17)20)19(16(21)14-8-5-9-18-10-14)22-11-13-6-3-2-4-7-13/h2-10,12H,11H2,1H3,(H2,17,20). The quantitative estimate of drug-likeness (QED) is 0.820. The van der Waals surface area contributed by atoms with Crippen LogP contribution in [0.25, 0.3) is 0 Å². The van der Waals surface area contributed by atoms with Crippen molar-refractivity contribution in [3.63, 3.8) is 0 Å². The van der Waals surface area contributed by atoms with Gasteiger partial charge in [0.05, 0.1) is 5.56 Å². The van der Waals surface area contributed by atoms with E-state index in [1.807, 2.05) is 30.3 Å². The second-order valence-electron chi connectivity index (χ2n) is 4.71.